The van der Waals surface area contributed by atoms with Crippen molar-refractivity contribution in [3.63, 3.8) is 0 Å². The molecule has 0 spiro atoms. The van der Waals surface area contributed by atoms with Crippen LogP contribution in [0.1, 0.15) is 5.69 Å². The Hall–Kier alpha value is -2.51. The number of ether oxygens (including phenoxy) is 1. The summed E-state index contributed by atoms with van der Waals surface area (Å²) < 4.78 is 9.57. The molecule has 1 aliphatic heterocycles. The van der Waals surface area contributed by atoms with Gasteiger partial charge in [-0.3, -0.25) is 9.58 Å². The molecule has 124 valence electrons. The molecular formula is C17H20N6O. The van der Waals surface area contributed by atoms with Crippen molar-refractivity contribution < 1.29 is 4.74 Å². The van der Waals surface area contributed by atoms with Gasteiger partial charge in [-0.1, -0.05) is 18.2 Å². The standard InChI is InChI=1S/C17H20N6O/c1-2-4-16(5-3-1)23-7-6-15(20-23)10-21-8-9-24-17(11-21)12-22-14-18-13-19-22/h1-7,13-14,17H,8-12H2/t17-/m0/s1. The fourth-order valence-corrected chi connectivity index (χ4v) is 2.97. The zero-order valence-electron chi connectivity index (χ0n) is 13.4. The summed E-state index contributed by atoms with van der Waals surface area (Å²) in [6.45, 7) is 4.09. The first kappa shape index (κ1) is 15.0. The van der Waals surface area contributed by atoms with E-state index in [1.54, 1.807) is 12.7 Å². The Kier molecular flexibility index (Phi) is 4.35. The van der Waals surface area contributed by atoms with Gasteiger partial charge >= 0.3 is 0 Å². The van der Waals surface area contributed by atoms with Crippen LogP contribution in [-0.2, 0) is 17.8 Å². The zero-order valence-corrected chi connectivity index (χ0v) is 13.4. The van der Waals surface area contributed by atoms with Crippen LogP contribution in [0.3, 0.4) is 0 Å². The van der Waals surface area contributed by atoms with E-state index in [0.717, 1.165) is 44.2 Å². The average molecular weight is 324 g/mol. The highest BCUT2D eigenvalue weighted by Crippen LogP contribution is 2.12. The largest absolute Gasteiger partial charge is 0.374 e. The SMILES string of the molecule is c1ccc(-n2ccc(CN3CCO[C@H](Cn4cncn4)C3)n2)cc1. The van der Waals surface area contributed by atoms with E-state index in [4.69, 9.17) is 4.74 Å². The molecule has 0 unspecified atom stereocenters. The van der Waals surface area contributed by atoms with Crippen molar-refractivity contribution in [2.45, 2.75) is 19.2 Å². The molecular weight excluding hydrogens is 304 g/mol. The molecule has 0 aliphatic carbocycles. The lowest BCUT2D eigenvalue weighted by Crippen LogP contribution is -2.43. The van der Waals surface area contributed by atoms with Crippen LogP contribution in [0.25, 0.3) is 5.69 Å². The van der Waals surface area contributed by atoms with E-state index < -0.39 is 0 Å². The van der Waals surface area contributed by atoms with Gasteiger partial charge in [-0.15, -0.1) is 0 Å². The Morgan fingerprint density at radius 3 is 2.92 bits per heavy atom. The summed E-state index contributed by atoms with van der Waals surface area (Å²) >= 11 is 0. The van der Waals surface area contributed by atoms with Crippen molar-refractivity contribution in [3.8, 4) is 5.69 Å². The molecule has 0 radical (unpaired) electrons. The summed E-state index contributed by atoms with van der Waals surface area (Å²) in [5.74, 6) is 0. The van der Waals surface area contributed by atoms with E-state index in [1.807, 2.05) is 33.8 Å². The topological polar surface area (TPSA) is 61.0 Å². The molecule has 2 aromatic heterocycles. The third-order valence-corrected chi connectivity index (χ3v) is 4.13. The first-order chi connectivity index (χ1) is 11.9. The lowest BCUT2D eigenvalue weighted by Gasteiger charge is -2.32. The minimum atomic E-state index is 0.136. The highest BCUT2D eigenvalue weighted by molar-refractivity contribution is 5.30. The smallest absolute Gasteiger partial charge is 0.137 e. The van der Waals surface area contributed by atoms with Crippen molar-refractivity contribution in [3.05, 3.63) is 60.9 Å². The van der Waals surface area contributed by atoms with Gasteiger partial charge in [0.2, 0.25) is 0 Å². The lowest BCUT2D eigenvalue weighted by atomic mass is 10.2. The molecule has 7 nitrogen and oxygen atoms in total. The maximum Gasteiger partial charge on any atom is 0.137 e. The molecule has 0 saturated carbocycles. The van der Waals surface area contributed by atoms with E-state index in [1.165, 1.54) is 0 Å². The van der Waals surface area contributed by atoms with Crippen molar-refractivity contribution >= 4 is 0 Å². The van der Waals surface area contributed by atoms with Crippen molar-refractivity contribution in [1.29, 1.82) is 0 Å². The molecule has 0 amide bonds. The lowest BCUT2D eigenvalue weighted by molar-refractivity contribution is -0.0406. The summed E-state index contributed by atoms with van der Waals surface area (Å²) in [5, 5.41) is 8.83. The normalized spacial score (nSPS) is 18.8. The molecule has 1 aromatic carbocycles. The van der Waals surface area contributed by atoms with Crippen LogP contribution in [0, 0.1) is 0 Å². The molecule has 1 aliphatic rings. The maximum atomic E-state index is 5.84. The molecule has 1 atom stereocenters. The molecule has 1 saturated heterocycles. The minimum Gasteiger partial charge on any atom is -0.374 e. The number of benzene rings is 1. The fraction of sp³-hybridized carbons (Fsp3) is 0.353. The van der Waals surface area contributed by atoms with E-state index in [0.29, 0.717) is 0 Å². The third-order valence-electron chi connectivity index (χ3n) is 4.13. The second-order valence-electron chi connectivity index (χ2n) is 5.93. The van der Waals surface area contributed by atoms with E-state index in [9.17, 15) is 0 Å². The molecule has 3 aromatic rings. The molecule has 7 heteroatoms. The first-order valence-corrected chi connectivity index (χ1v) is 8.13. The molecule has 0 bridgehead atoms. The van der Waals surface area contributed by atoms with Gasteiger partial charge in [0.1, 0.15) is 12.7 Å². The van der Waals surface area contributed by atoms with Crippen LogP contribution >= 0.6 is 0 Å². The maximum absolute atomic E-state index is 5.84. The number of para-hydroxylation sites is 1. The Morgan fingerprint density at radius 2 is 2.08 bits per heavy atom. The Labute approximate surface area is 140 Å². The number of rotatable bonds is 5. The monoisotopic (exact) mass is 324 g/mol. The molecule has 3 heterocycles. The van der Waals surface area contributed by atoms with Gasteiger partial charge in [0.25, 0.3) is 0 Å². The number of aromatic nitrogens is 5. The number of nitrogens with zero attached hydrogens (tertiary/aromatic N) is 6. The molecule has 24 heavy (non-hydrogen) atoms. The second-order valence-corrected chi connectivity index (χ2v) is 5.93. The van der Waals surface area contributed by atoms with E-state index in [2.05, 4.69) is 38.3 Å². The van der Waals surface area contributed by atoms with Crippen LogP contribution in [0.15, 0.2) is 55.2 Å². The number of hydrogen-bond donors (Lipinski definition) is 0. The van der Waals surface area contributed by atoms with Crippen LogP contribution in [0.2, 0.25) is 0 Å². The van der Waals surface area contributed by atoms with Gasteiger partial charge < -0.3 is 4.74 Å². The summed E-state index contributed by atoms with van der Waals surface area (Å²) in [7, 11) is 0. The average Bonchev–Trinajstić information content (AvgIpc) is 3.28. The Balaban J connectivity index is 1.37. The highest BCUT2D eigenvalue weighted by atomic mass is 16.5. The Morgan fingerprint density at radius 1 is 1.17 bits per heavy atom. The quantitative estimate of drug-likeness (QED) is 0.709. The highest BCUT2D eigenvalue weighted by Gasteiger charge is 2.21. The third kappa shape index (κ3) is 3.52. The van der Waals surface area contributed by atoms with Crippen LogP contribution in [-0.4, -0.2) is 55.2 Å². The van der Waals surface area contributed by atoms with Crippen LogP contribution in [0.4, 0.5) is 0 Å². The zero-order chi connectivity index (χ0) is 16.2. The summed E-state index contributed by atoms with van der Waals surface area (Å²) in [6.07, 6.45) is 5.43. The predicted octanol–water partition coefficient (Wildman–Crippen LogP) is 1.36. The van der Waals surface area contributed by atoms with Crippen LogP contribution in [0.5, 0.6) is 0 Å². The van der Waals surface area contributed by atoms with Gasteiger partial charge in [0.05, 0.1) is 30.6 Å². The van der Waals surface area contributed by atoms with Gasteiger partial charge in [0, 0.05) is 25.8 Å². The second kappa shape index (κ2) is 6.94. The number of hydrogen-bond acceptors (Lipinski definition) is 5. The molecule has 4 rings (SSSR count). The van der Waals surface area contributed by atoms with Gasteiger partial charge in [-0.2, -0.15) is 10.2 Å². The first-order valence-electron chi connectivity index (χ1n) is 8.13. The van der Waals surface area contributed by atoms with Gasteiger partial charge in [0.15, 0.2) is 0 Å². The summed E-state index contributed by atoms with van der Waals surface area (Å²) in [5.41, 5.74) is 2.15. The van der Waals surface area contributed by atoms with E-state index >= 15 is 0 Å². The molecule has 1 fully saturated rings. The predicted molar refractivity (Wildman–Crippen MR) is 88.6 cm³/mol. The van der Waals surface area contributed by atoms with E-state index in [-0.39, 0.29) is 6.10 Å². The van der Waals surface area contributed by atoms with Crippen molar-refractivity contribution in [2.75, 3.05) is 19.7 Å². The van der Waals surface area contributed by atoms with Gasteiger partial charge in [-0.25, -0.2) is 9.67 Å². The Bertz CT molecular complexity index is 755. The van der Waals surface area contributed by atoms with Crippen LogP contribution < -0.4 is 0 Å². The fourth-order valence-electron chi connectivity index (χ4n) is 2.97. The minimum absolute atomic E-state index is 0.136. The van der Waals surface area contributed by atoms with Crippen molar-refractivity contribution in [2.24, 2.45) is 0 Å². The summed E-state index contributed by atoms with van der Waals surface area (Å²) in [4.78, 5) is 6.35. The number of morpholine rings is 1. The molecule has 0 N–H and O–H groups in total. The summed E-state index contributed by atoms with van der Waals surface area (Å²) in [6, 6.07) is 12.2. The van der Waals surface area contributed by atoms with Crippen molar-refractivity contribution in [1.82, 2.24) is 29.4 Å². The van der Waals surface area contributed by atoms with Gasteiger partial charge in [-0.05, 0) is 18.2 Å².